The van der Waals surface area contributed by atoms with Gasteiger partial charge in [-0.05, 0) is 5.53 Å². The van der Waals surface area contributed by atoms with E-state index >= 15 is 0 Å². The Hall–Kier alpha value is -0.890. The molecule has 1 saturated heterocycles. The summed E-state index contributed by atoms with van der Waals surface area (Å²) in [7, 11) is 0. The van der Waals surface area contributed by atoms with Crippen molar-refractivity contribution in [3.05, 3.63) is 10.4 Å². The average molecular weight is 205 g/mol. The fourth-order valence-electron chi connectivity index (χ4n) is 1.28. The second-order valence-corrected chi connectivity index (χ2v) is 2.93. The van der Waals surface area contributed by atoms with Crippen molar-refractivity contribution >= 4 is 0 Å². The molecule has 8 heteroatoms. The maximum atomic E-state index is 9.33. The van der Waals surface area contributed by atoms with Gasteiger partial charge >= 0.3 is 0 Å². The Morgan fingerprint density at radius 3 is 2.36 bits per heavy atom. The summed E-state index contributed by atoms with van der Waals surface area (Å²) in [5.74, 6) is 0. The standard InChI is InChI=1S/C6H11N3O5/c7-9-8-2(1-10)5-3(11)4(12)6(13)14-5/h2-6,10-13H,1H2/t2-,3-,4-,5+,6-/m1/s1. The lowest BCUT2D eigenvalue weighted by molar-refractivity contribution is -0.131. The minimum absolute atomic E-state index is 0.536. The van der Waals surface area contributed by atoms with Crippen molar-refractivity contribution in [2.75, 3.05) is 6.61 Å². The molecule has 0 aromatic heterocycles. The Balaban J connectivity index is 2.73. The quantitative estimate of drug-likeness (QED) is 0.242. The van der Waals surface area contributed by atoms with Gasteiger partial charge in [0, 0.05) is 4.91 Å². The highest BCUT2D eigenvalue weighted by Crippen LogP contribution is 2.23. The molecule has 0 aliphatic carbocycles. The third-order valence-corrected chi connectivity index (χ3v) is 2.04. The van der Waals surface area contributed by atoms with E-state index in [-0.39, 0.29) is 0 Å². The van der Waals surface area contributed by atoms with Gasteiger partial charge in [-0.2, -0.15) is 0 Å². The second-order valence-electron chi connectivity index (χ2n) is 2.93. The zero-order valence-corrected chi connectivity index (χ0v) is 7.13. The number of hydrogen-bond acceptors (Lipinski definition) is 6. The molecule has 1 rings (SSSR count). The zero-order chi connectivity index (χ0) is 10.7. The molecule has 0 unspecified atom stereocenters. The summed E-state index contributed by atoms with van der Waals surface area (Å²) in [6, 6.07) is -1.03. The fraction of sp³-hybridized carbons (Fsp3) is 1.00. The largest absolute Gasteiger partial charge is 0.396 e. The molecular weight excluding hydrogens is 194 g/mol. The van der Waals surface area contributed by atoms with Crippen LogP contribution < -0.4 is 0 Å². The van der Waals surface area contributed by atoms with Gasteiger partial charge in [0.15, 0.2) is 6.29 Å². The molecule has 5 atom stereocenters. The second kappa shape index (κ2) is 4.56. The third-order valence-electron chi connectivity index (χ3n) is 2.04. The smallest absolute Gasteiger partial charge is 0.183 e. The molecule has 0 aromatic rings. The van der Waals surface area contributed by atoms with Gasteiger partial charge in [-0.3, -0.25) is 0 Å². The van der Waals surface area contributed by atoms with Crippen LogP contribution in [0, 0.1) is 0 Å². The van der Waals surface area contributed by atoms with Crippen molar-refractivity contribution in [2.45, 2.75) is 30.6 Å². The molecule has 0 radical (unpaired) electrons. The van der Waals surface area contributed by atoms with Crippen LogP contribution in [-0.4, -0.2) is 57.7 Å². The normalized spacial score (nSPS) is 39.1. The fourth-order valence-corrected chi connectivity index (χ4v) is 1.28. The first-order valence-corrected chi connectivity index (χ1v) is 3.96. The van der Waals surface area contributed by atoms with Gasteiger partial charge in [-0.1, -0.05) is 5.11 Å². The van der Waals surface area contributed by atoms with Gasteiger partial charge in [-0.15, -0.1) is 0 Å². The predicted octanol–water partition coefficient (Wildman–Crippen LogP) is -1.90. The van der Waals surface area contributed by atoms with Gasteiger partial charge in [0.2, 0.25) is 0 Å². The summed E-state index contributed by atoms with van der Waals surface area (Å²) in [6.45, 7) is -0.536. The molecule has 1 aliphatic heterocycles. The number of rotatable bonds is 3. The van der Waals surface area contributed by atoms with E-state index in [0.29, 0.717) is 0 Å². The highest BCUT2D eigenvalue weighted by Gasteiger charge is 2.45. The summed E-state index contributed by atoms with van der Waals surface area (Å²) in [6.07, 6.45) is -5.46. The van der Waals surface area contributed by atoms with E-state index in [1.165, 1.54) is 0 Å². The van der Waals surface area contributed by atoms with Gasteiger partial charge in [-0.25, -0.2) is 0 Å². The van der Waals surface area contributed by atoms with E-state index < -0.39 is 37.3 Å². The van der Waals surface area contributed by atoms with Gasteiger partial charge in [0.05, 0.1) is 12.6 Å². The first-order chi connectivity index (χ1) is 6.61. The van der Waals surface area contributed by atoms with Crippen molar-refractivity contribution in [3.63, 3.8) is 0 Å². The number of aliphatic hydroxyl groups is 4. The van der Waals surface area contributed by atoms with Crippen molar-refractivity contribution < 1.29 is 25.2 Å². The molecule has 1 aliphatic rings. The van der Waals surface area contributed by atoms with E-state index in [0.717, 1.165) is 0 Å². The molecule has 1 heterocycles. The van der Waals surface area contributed by atoms with E-state index in [4.69, 9.17) is 25.6 Å². The number of ether oxygens (including phenoxy) is 1. The molecule has 4 N–H and O–H groups in total. The van der Waals surface area contributed by atoms with E-state index in [9.17, 15) is 5.11 Å². The molecule has 1 fully saturated rings. The first-order valence-electron chi connectivity index (χ1n) is 3.96. The van der Waals surface area contributed by atoms with Gasteiger partial charge < -0.3 is 25.2 Å². The molecule has 0 bridgehead atoms. The first kappa shape index (κ1) is 11.2. The summed E-state index contributed by atoms with van der Waals surface area (Å²) >= 11 is 0. The van der Waals surface area contributed by atoms with Crippen LogP contribution in [0.25, 0.3) is 10.4 Å². The van der Waals surface area contributed by atoms with Crippen LogP contribution in [0.4, 0.5) is 0 Å². The van der Waals surface area contributed by atoms with Crippen molar-refractivity contribution in [2.24, 2.45) is 5.11 Å². The van der Waals surface area contributed by atoms with Crippen molar-refractivity contribution in [3.8, 4) is 0 Å². The van der Waals surface area contributed by atoms with Crippen LogP contribution in [0.15, 0.2) is 5.11 Å². The van der Waals surface area contributed by atoms with Gasteiger partial charge in [0.1, 0.15) is 18.3 Å². The summed E-state index contributed by atoms with van der Waals surface area (Å²) in [5.41, 5.74) is 8.13. The minimum Gasteiger partial charge on any atom is -0.396 e. The molecule has 14 heavy (non-hydrogen) atoms. The predicted molar refractivity (Wildman–Crippen MR) is 42.9 cm³/mol. The molecule has 80 valence electrons. The lowest BCUT2D eigenvalue weighted by Gasteiger charge is -2.18. The summed E-state index contributed by atoms with van der Waals surface area (Å²) < 4.78 is 4.72. The van der Waals surface area contributed by atoms with Crippen LogP contribution in [0.2, 0.25) is 0 Å². The Kier molecular flexibility index (Phi) is 3.64. The number of aliphatic hydroxyl groups excluding tert-OH is 4. The van der Waals surface area contributed by atoms with Crippen LogP contribution in [0.3, 0.4) is 0 Å². The molecule has 0 saturated carbocycles. The minimum atomic E-state index is -1.53. The third kappa shape index (κ3) is 1.95. The number of hydrogen-bond donors (Lipinski definition) is 4. The van der Waals surface area contributed by atoms with Gasteiger partial charge in [0.25, 0.3) is 0 Å². The topological polar surface area (TPSA) is 139 Å². The molecule has 0 aromatic carbocycles. The SMILES string of the molecule is [N-]=[N+]=N[C@H](CO)[C@@H]1O[C@@H](O)[C@H](O)[C@H]1O. The van der Waals surface area contributed by atoms with E-state index in [2.05, 4.69) is 10.0 Å². The number of azide groups is 1. The molecular formula is C6H11N3O5. The highest BCUT2D eigenvalue weighted by molar-refractivity contribution is 4.93. The van der Waals surface area contributed by atoms with E-state index in [1.54, 1.807) is 0 Å². The maximum absolute atomic E-state index is 9.33. The molecule has 8 nitrogen and oxygen atoms in total. The Labute approximate surface area is 79.0 Å². The van der Waals surface area contributed by atoms with Crippen LogP contribution in [0.5, 0.6) is 0 Å². The van der Waals surface area contributed by atoms with Crippen molar-refractivity contribution in [1.82, 2.24) is 0 Å². The monoisotopic (exact) mass is 205 g/mol. The number of nitrogens with zero attached hydrogens (tertiary/aromatic N) is 3. The zero-order valence-electron chi connectivity index (χ0n) is 7.13. The highest BCUT2D eigenvalue weighted by atomic mass is 16.6. The Morgan fingerprint density at radius 1 is 1.36 bits per heavy atom. The van der Waals surface area contributed by atoms with Crippen LogP contribution in [-0.2, 0) is 4.74 Å². The molecule has 0 amide bonds. The van der Waals surface area contributed by atoms with E-state index in [1.807, 2.05) is 0 Å². The molecule has 0 spiro atoms. The lowest BCUT2D eigenvalue weighted by Crippen LogP contribution is -2.39. The maximum Gasteiger partial charge on any atom is 0.183 e. The summed E-state index contributed by atoms with van der Waals surface area (Å²) in [4.78, 5) is 2.45. The Morgan fingerprint density at radius 2 is 2.00 bits per heavy atom. The summed E-state index contributed by atoms with van der Waals surface area (Å²) in [5, 5.41) is 39.4. The van der Waals surface area contributed by atoms with Crippen LogP contribution in [0.1, 0.15) is 0 Å². The Bertz CT molecular complexity index is 244. The van der Waals surface area contributed by atoms with Crippen LogP contribution >= 0.6 is 0 Å². The van der Waals surface area contributed by atoms with Crippen molar-refractivity contribution in [1.29, 1.82) is 0 Å². The average Bonchev–Trinajstić information content (AvgIpc) is 2.42. The lowest BCUT2D eigenvalue weighted by atomic mass is 10.1.